The molecular formula is C16H24N2O2. The molecule has 2 atom stereocenters. The lowest BCUT2D eigenvalue weighted by molar-refractivity contribution is -0.147. The van der Waals surface area contributed by atoms with Gasteiger partial charge in [-0.15, -0.1) is 0 Å². The molecule has 2 rings (SSSR count). The molecule has 1 N–H and O–H groups in total. The van der Waals surface area contributed by atoms with Gasteiger partial charge in [-0.25, -0.2) is 0 Å². The molecule has 1 aliphatic rings. The fourth-order valence-electron chi connectivity index (χ4n) is 2.61. The molecule has 110 valence electrons. The van der Waals surface area contributed by atoms with Gasteiger partial charge in [0.15, 0.2) is 0 Å². The molecule has 1 aromatic rings. The number of hydrogen-bond acceptors (Lipinski definition) is 4. The largest absolute Gasteiger partial charge is 0.466 e. The van der Waals surface area contributed by atoms with Gasteiger partial charge in [0.1, 0.15) is 0 Å². The second-order valence-electron chi connectivity index (χ2n) is 5.47. The molecule has 1 aliphatic heterocycles. The predicted molar refractivity (Wildman–Crippen MR) is 80.8 cm³/mol. The van der Waals surface area contributed by atoms with E-state index in [0.29, 0.717) is 19.2 Å². The van der Waals surface area contributed by atoms with E-state index < -0.39 is 0 Å². The summed E-state index contributed by atoms with van der Waals surface area (Å²) in [6.45, 7) is 8.87. The van der Waals surface area contributed by atoms with Crippen molar-refractivity contribution in [3.8, 4) is 0 Å². The van der Waals surface area contributed by atoms with Crippen LogP contribution in [0.3, 0.4) is 0 Å². The van der Waals surface area contributed by atoms with Crippen LogP contribution >= 0.6 is 0 Å². The van der Waals surface area contributed by atoms with Gasteiger partial charge in [0.05, 0.1) is 12.5 Å². The Balaban J connectivity index is 2.14. The summed E-state index contributed by atoms with van der Waals surface area (Å²) < 4.78 is 5.11. The molecule has 0 spiro atoms. The number of para-hydroxylation sites is 1. The quantitative estimate of drug-likeness (QED) is 0.856. The molecule has 4 nitrogen and oxygen atoms in total. The van der Waals surface area contributed by atoms with Crippen LogP contribution in [-0.2, 0) is 16.1 Å². The highest BCUT2D eigenvalue weighted by molar-refractivity contribution is 5.73. The van der Waals surface area contributed by atoms with Crippen LogP contribution < -0.4 is 10.2 Å². The van der Waals surface area contributed by atoms with Gasteiger partial charge in [-0.1, -0.05) is 25.1 Å². The fourth-order valence-corrected chi connectivity index (χ4v) is 2.61. The van der Waals surface area contributed by atoms with E-state index in [4.69, 9.17) is 4.74 Å². The number of rotatable bonds is 4. The lowest BCUT2D eigenvalue weighted by Crippen LogP contribution is -2.39. The topological polar surface area (TPSA) is 41.6 Å². The summed E-state index contributed by atoms with van der Waals surface area (Å²) >= 11 is 0. The lowest BCUT2D eigenvalue weighted by Gasteiger charge is -2.28. The third-order valence-corrected chi connectivity index (χ3v) is 3.65. The van der Waals surface area contributed by atoms with Gasteiger partial charge in [-0.3, -0.25) is 4.79 Å². The summed E-state index contributed by atoms with van der Waals surface area (Å²) in [5.74, 6) is -0.233. The van der Waals surface area contributed by atoms with Gasteiger partial charge < -0.3 is 15.0 Å². The highest BCUT2D eigenvalue weighted by atomic mass is 16.5. The number of nitrogens with one attached hydrogen (secondary N) is 1. The number of ether oxygens (including phenoxy) is 1. The summed E-state index contributed by atoms with van der Waals surface area (Å²) in [6, 6.07) is 8.78. The minimum absolute atomic E-state index is 0.116. The first-order valence-electron chi connectivity index (χ1n) is 7.34. The Kier molecular flexibility index (Phi) is 5.01. The molecule has 0 amide bonds. The van der Waals surface area contributed by atoms with Gasteiger partial charge in [0.25, 0.3) is 0 Å². The van der Waals surface area contributed by atoms with Crippen molar-refractivity contribution in [2.24, 2.45) is 5.92 Å². The zero-order valence-electron chi connectivity index (χ0n) is 12.6. The zero-order chi connectivity index (χ0) is 14.5. The molecule has 4 heteroatoms. The molecule has 1 heterocycles. The van der Waals surface area contributed by atoms with Crippen molar-refractivity contribution >= 4 is 11.7 Å². The normalized spacial score (nSPS) is 19.9. The van der Waals surface area contributed by atoms with Crippen molar-refractivity contribution < 1.29 is 9.53 Å². The zero-order valence-corrected chi connectivity index (χ0v) is 12.6. The molecule has 0 radical (unpaired) electrons. The highest BCUT2D eigenvalue weighted by Crippen LogP contribution is 2.24. The van der Waals surface area contributed by atoms with Crippen LogP contribution in [-0.4, -0.2) is 31.7 Å². The number of fused-ring (bicyclic) bond motifs is 1. The Labute approximate surface area is 121 Å². The number of nitrogens with zero attached hydrogens (tertiary/aromatic N) is 1. The van der Waals surface area contributed by atoms with E-state index in [1.54, 1.807) is 0 Å². The monoisotopic (exact) mass is 276 g/mol. The first-order chi connectivity index (χ1) is 9.61. The average molecular weight is 276 g/mol. The highest BCUT2D eigenvalue weighted by Gasteiger charge is 2.23. The van der Waals surface area contributed by atoms with Gasteiger partial charge in [-0.05, 0) is 25.5 Å². The Morgan fingerprint density at radius 1 is 1.50 bits per heavy atom. The van der Waals surface area contributed by atoms with Crippen molar-refractivity contribution in [1.82, 2.24) is 5.32 Å². The maximum Gasteiger partial charge on any atom is 0.310 e. The molecule has 1 aromatic carbocycles. The van der Waals surface area contributed by atoms with E-state index >= 15 is 0 Å². The molecular weight excluding hydrogens is 252 g/mol. The number of benzene rings is 1. The summed E-state index contributed by atoms with van der Waals surface area (Å²) in [7, 11) is 0. The Hall–Kier alpha value is -1.55. The predicted octanol–water partition coefficient (Wildman–Crippen LogP) is 2.18. The van der Waals surface area contributed by atoms with Crippen LogP contribution in [0.4, 0.5) is 5.69 Å². The SMILES string of the molecule is CCOC(=O)C(C)CN1CC(C)NCc2ccccc21. The van der Waals surface area contributed by atoms with Crippen LogP contribution in [0.1, 0.15) is 26.3 Å². The molecule has 0 bridgehead atoms. The minimum atomic E-state index is -0.117. The van der Waals surface area contributed by atoms with Crippen LogP contribution in [0.5, 0.6) is 0 Å². The summed E-state index contributed by atoms with van der Waals surface area (Å²) in [6.07, 6.45) is 0. The number of carbonyl (C=O) groups excluding carboxylic acids is 1. The van der Waals surface area contributed by atoms with E-state index in [1.165, 1.54) is 11.3 Å². The Morgan fingerprint density at radius 2 is 2.25 bits per heavy atom. The van der Waals surface area contributed by atoms with Crippen LogP contribution in [0.15, 0.2) is 24.3 Å². The summed E-state index contributed by atoms with van der Waals surface area (Å²) in [5.41, 5.74) is 2.51. The number of anilines is 1. The second kappa shape index (κ2) is 6.75. The molecule has 0 aliphatic carbocycles. The van der Waals surface area contributed by atoms with Gasteiger partial charge >= 0.3 is 5.97 Å². The molecule has 0 saturated carbocycles. The van der Waals surface area contributed by atoms with Crippen molar-refractivity contribution in [2.75, 3.05) is 24.6 Å². The maximum atomic E-state index is 11.8. The first kappa shape index (κ1) is 14.9. The van der Waals surface area contributed by atoms with Crippen LogP contribution in [0.2, 0.25) is 0 Å². The lowest BCUT2D eigenvalue weighted by atomic mass is 10.1. The molecule has 2 unspecified atom stereocenters. The third kappa shape index (κ3) is 3.51. The van der Waals surface area contributed by atoms with Crippen molar-refractivity contribution in [2.45, 2.75) is 33.4 Å². The minimum Gasteiger partial charge on any atom is -0.466 e. The van der Waals surface area contributed by atoms with Crippen LogP contribution in [0, 0.1) is 5.92 Å². The van der Waals surface area contributed by atoms with Crippen molar-refractivity contribution in [3.63, 3.8) is 0 Å². The Bertz CT molecular complexity index is 462. The number of carbonyl (C=O) groups is 1. The van der Waals surface area contributed by atoms with Crippen molar-refractivity contribution in [3.05, 3.63) is 29.8 Å². The summed E-state index contributed by atoms with van der Waals surface area (Å²) in [4.78, 5) is 14.1. The van der Waals surface area contributed by atoms with E-state index in [0.717, 1.165) is 13.1 Å². The standard InChI is InChI=1S/C16H24N2O2/c1-4-20-16(19)12(2)10-18-11-13(3)17-9-14-7-5-6-8-15(14)18/h5-8,12-13,17H,4,9-11H2,1-3H3. The molecule has 20 heavy (non-hydrogen) atoms. The maximum absolute atomic E-state index is 11.8. The second-order valence-corrected chi connectivity index (χ2v) is 5.47. The fraction of sp³-hybridized carbons (Fsp3) is 0.562. The molecule has 0 saturated heterocycles. The smallest absolute Gasteiger partial charge is 0.310 e. The number of esters is 1. The van der Waals surface area contributed by atoms with Gasteiger partial charge in [0, 0.05) is 31.4 Å². The third-order valence-electron chi connectivity index (χ3n) is 3.65. The van der Waals surface area contributed by atoms with E-state index in [9.17, 15) is 4.79 Å². The van der Waals surface area contributed by atoms with E-state index in [-0.39, 0.29) is 11.9 Å². The van der Waals surface area contributed by atoms with Gasteiger partial charge in [-0.2, -0.15) is 0 Å². The van der Waals surface area contributed by atoms with Crippen molar-refractivity contribution in [1.29, 1.82) is 0 Å². The van der Waals surface area contributed by atoms with E-state index in [1.807, 2.05) is 13.8 Å². The first-order valence-corrected chi connectivity index (χ1v) is 7.34. The average Bonchev–Trinajstić information content (AvgIpc) is 2.59. The number of hydrogen-bond donors (Lipinski definition) is 1. The molecule has 0 fully saturated rings. The van der Waals surface area contributed by atoms with E-state index in [2.05, 4.69) is 41.4 Å². The van der Waals surface area contributed by atoms with Gasteiger partial charge in [0.2, 0.25) is 0 Å². The molecule has 0 aromatic heterocycles. The summed E-state index contributed by atoms with van der Waals surface area (Å²) in [5, 5.41) is 3.50. The Morgan fingerprint density at radius 3 is 3.00 bits per heavy atom. The van der Waals surface area contributed by atoms with Crippen LogP contribution in [0.25, 0.3) is 0 Å².